The molecule has 0 spiro atoms. The van der Waals surface area contributed by atoms with E-state index in [1.165, 1.54) is 0 Å². The lowest BCUT2D eigenvalue weighted by atomic mass is 10.2. The normalized spacial score (nSPS) is 13.2. The predicted octanol–water partition coefficient (Wildman–Crippen LogP) is 0.815. The van der Waals surface area contributed by atoms with Gasteiger partial charge in [-0.25, -0.2) is 4.98 Å². The Hall–Kier alpha value is -1.39. The van der Waals surface area contributed by atoms with Gasteiger partial charge in [0.1, 0.15) is 5.82 Å². The Kier molecular flexibility index (Phi) is 2.99. The summed E-state index contributed by atoms with van der Waals surface area (Å²) < 4.78 is 0. The number of aromatic nitrogens is 2. The molecule has 0 unspecified atom stereocenters. The van der Waals surface area contributed by atoms with Crippen molar-refractivity contribution in [2.45, 2.75) is 18.9 Å². The second-order valence-corrected chi connectivity index (χ2v) is 3.63. The number of aliphatic hydroxyl groups is 1. The Balaban J connectivity index is 2.09. The highest BCUT2D eigenvalue weighted by atomic mass is 16.3. The van der Waals surface area contributed by atoms with Crippen LogP contribution in [0.15, 0.2) is 24.3 Å². The van der Waals surface area contributed by atoms with Gasteiger partial charge in [0.15, 0.2) is 0 Å². The average molecular weight is 205 g/mol. The zero-order chi connectivity index (χ0) is 10.7. The standard InChI is InChI=1S/C11H15N3O/c12-7-8(15)5-6-11-13-9-3-1-2-4-10(9)14-11/h1-4,8,15H,5-7,12H2,(H,13,14)/t8-/m0/s1. The van der Waals surface area contributed by atoms with E-state index in [1.807, 2.05) is 24.3 Å². The third kappa shape index (κ3) is 2.34. The zero-order valence-corrected chi connectivity index (χ0v) is 8.48. The van der Waals surface area contributed by atoms with Crippen LogP contribution in [0.4, 0.5) is 0 Å². The molecule has 1 heterocycles. The molecular weight excluding hydrogens is 190 g/mol. The summed E-state index contributed by atoms with van der Waals surface area (Å²) in [6.07, 6.45) is 0.946. The van der Waals surface area contributed by atoms with Crippen LogP contribution >= 0.6 is 0 Å². The number of rotatable bonds is 4. The van der Waals surface area contributed by atoms with E-state index in [0.29, 0.717) is 13.0 Å². The molecule has 0 amide bonds. The molecule has 0 radical (unpaired) electrons. The lowest BCUT2D eigenvalue weighted by molar-refractivity contribution is 0.172. The minimum atomic E-state index is -0.432. The molecule has 80 valence electrons. The molecule has 2 rings (SSSR count). The molecule has 0 bridgehead atoms. The van der Waals surface area contributed by atoms with Gasteiger partial charge in [0.2, 0.25) is 0 Å². The van der Waals surface area contributed by atoms with Crippen LogP contribution in [0.1, 0.15) is 12.2 Å². The van der Waals surface area contributed by atoms with Crippen LogP contribution in [-0.4, -0.2) is 27.7 Å². The number of hydrogen-bond acceptors (Lipinski definition) is 3. The van der Waals surface area contributed by atoms with Crippen molar-refractivity contribution < 1.29 is 5.11 Å². The lowest BCUT2D eigenvalue weighted by Gasteiger charge is -2.04. The fourth-order valence-corrected chi connectivity index (χ4v) is 1.55. The van der Waals surface area contributed by atoms with Gasteiger partial charge in [0.25, 0.3) is 0 Å². The molecule has 0 saturated heterocycles. The third-order valence-electron chi connectivity index (χ3n) is 2.42. The Bertz CT molecular complexity index is 405. The average Bonchev–Trinajstić information content (AvgIpc) is 2.68. The summed E-state index contributed by atoms with van der Waals surface area (Å²) in [6, 6.07) is 7.89. The molecule has 1 aromatic heterocycles. The summed E-state index contributed by atoms with van der Waals surface area (Å²) in [7, 11) is 0. The first-order valence-corrected chi connectivity index (χ1v) is 5.11. The molecule has 1 atom stereocenters. The molecule has 0 aliphatic carbocycles. The number of H-pyrrole nitrogens is 1. The van der Waals surface area contributed by atoms with Crippen LogP contribution < -0.4 is 5.73 Å². The van der Waals surface area contributed by atoms with Crippen molar-refractivity contribution in [3.63, 3.8) is 0 Å². The van der Waals surface area contributed by atoms with E-state index < -0.39 is 6.10 Å². The molecule has 0 fully saturated rings. The zero-order valence-electron chi connectivity index (χ0n) is 8.48. The number of para-hydroxylation sites is 2. The van der Waals surface area contributed by atoms with Gasteiger partial charge in [-0.2, -0.15) is 0 Å². The quantitative estimate of drug-likeness (QED) is 0.691. The first-order chi connectivity index (χ1) is 7.29. The minimum Gasteiger partial charge on any atom is -0.392 e. The first kappa shape index (κ1) is 10.1. The van der Waals surface area contributed by atoms with E-state index in [4.69, 9.17) is 5.73 Å². The number of imidazole rings is 1. The number of nitrogens with zero attached hydrogens (tertiary/aromatic N) is 1. The van der Waals surface area contributed by atoms with Crippen LogP contribution in [-0.2, 0) is 6.42 Å². The number of aliphatic hydroxyl groups excluding tert-OH is 1. The van der Waals surface area contributed by atoms with E-state index in [9.17, 15) is 5.11 Å². The largest absolute Gasteiger partial charge is 0.392 e. The number of benzene rings is 1. The molecule has 0 saturated carbocycles. The van der Waals surface area contributed by atoms with Gasteiger partial charge in [-0.15, -0.1) is 0 Å². The highest BCUT2D eigenvalue weighted by molar-refractivity contribution is 5.74. The minimum absolute atomic E-state index is 0.306. The fourth-order valence-electron chi connectivity index (χ4n) is 1.55. The van der Waals surface area contributed by atoms with Gasteiger partial charge in [-0.05, 0) is 18.6 Å². The maximum atomic E-state index is 9.33. The summed E-state index contributed by atoms with van der Waals surface area (Å²) in [6.45, 7) is 0.306. The van der Waals surface area contributed by atoms with Crippen LogP contribution in [0.25, 0.3) is 11.0 Å². The van der Waals surface area contributed by atoms with Crippen LogP contribution in [0.2, 0.25) is 0 Å². The number of nitrogens with one attached hydrogen (secondary N) is 1. The summed E-state index contributed by atoms with van der Waals surface area (Å²) in [5.74, 6) is 0.906. The fraction of sp³-hybridized carbons (Fsp3) is 0.364. The topological polar surface area (TPSA) is 74.9 Å². The molecule has 4 nitrogen and oxygen atoms in total. The summed E-state index contributed by atoms with van der Waals surface area (Å²) in [5.41, 5.74) is 7.33. The van der Waals surface area contributed by atoms with Crippen LogP contribution in [0.3, 0.4) is 0 Å². The second kappa shape index (κ2) is 4.42. The summed E-state index contributed by atoms with van der Waals surface area (Å²) in [5, 5.41) is 9.33. The Labute approximate surface area is 88.1 Å². The molecule has 4 heteroatoms. The third-order valence-corrected chi connectivity index (χ3v) is 2.42. The monoisotopic (exact) mass is 205 g/mol. The van der Waals surface area contributed by atoms with E-state index in [1.54, 1.807) is 0 Å². The van der Waals surface area contributed by atoms with Crippen molar-refractivity contribution in [2.24, 2.45) is 5.73 Å². The van der Waals surface area contributed by atoms with Gasteiger partial charge >= 0.3 is 0 Å². The van der Waals surface area contributed by atoms with E-state index in [0.717, 1.165) is 23.3 Å². The highest BCUT2D eigenvalue weighted by Gasteiger charge is 2.05. The SMILES string of the molecule is NC[C@@H](O)CCc1nc2ccccc2[nH]1. The van der Waals surface area contributed by atoms with Gasteiger partial charge in [-0.3, -0.25) is 0 Å². The molecule has 2 aromatic rings. The number of fused-ring (bicyclic) bond motifs is 1. The number of aromatic amines is 1. The Morgan fingerprint density at radius 2 is 2.20 bits per heavy atom. The highest BCUT2D eigenvalue weighted by Crippen LogP contribution is 2.11. The molecule has 0 aliphatic heterocycles. The van der Waals surface area contributed by atoms with E-state index in [-0.39, 0.29) is 0 Å². The van der Waals surface area contributed by atoms with Gasteiger partial charge in [0, 0.05) is 13.0 Å². The number of aryl methyl sites for hydroxylation is 1. The Morgan fingerprint density at radius 3 is 2.93 bits per heavy atom. The predicted molar refractivity (Wildman–Crippen MR) is 59.5 cm³/mol. The molecule has 4 N–H and O–H groups in total. The molecule has 15 heavy (non-hydrogen) atoms. The summed E-state index contributed by atoms with van der Waals surface area (Å²) >= 11 is 0. The summed E-state index contributed by atoms with van der Waals surface area (Å²) in [4.78, 5) is 7.62. The lowest BCUT2D eigenvalue weighted by Crippen LogP contribution is -2.20. The smallest absolute Gasteiger partial charge is 0.107 e. The van der Waals surface area contributed by atoms with Crippen molar-refractivity contribution in [1.29, 1.82) is 0 Å². The maximum Gasteiger partial charge on any atom is 0.107 e. The van der Waals surface area contributed by atoms with Crippen molar-refractivity contribution in [3.05, 3.63) is 30.1 Å². The Morgan fingerprint density at radius 1 is 1.40 bits per heavy atom. The first-order valence-electron chi connectivity index (χ1n) is 5.11. The van der Waals surface area contributed by atoms with Crippen molar-refractivity contribution in [3.8, 4) is 0 Å². The molecular formula is C11H15N3O. The van der Waals surface area contributed by atoms with Crippen molar-refractivity contribution in [1.82, 2.24) is 9.97 Å². The van der Waals surface area contributed by atoms with Crippen LogP contribution in [0.5, 0.6) is 0 Å². The second-order valence-electron chi connectivity index (χ2n) is 3.63. The van der Waals surface area contributed by atoms with Gasteiger partial charge in [-0.1, -0.05) is 12.1 Å². The van der Waals surface area contributed by atoms with Crippen LogP contribution in [0, 0.1) is 0 Å². The van der Waals surface area contributed by atoms with E-state index in [2.05, 4.69) is 9.97 Å². The maximum absolute atomic E-state index is 9.33. The number of nitrogens with two attached hydrogens (primary N) is 1. The molecule has 0 aliphatic rings. The van der Waals surface area contributed by atoms with Gasteiger partial charge < -0.3 is 15.8 Å². The van der Waals surface area contributed by atoms with Crippen molar-refractivity contribution >= 4 is 11.0 Å². The van der Waals surface area contributed by atoms with E-state index >= 15 is 0 Å². The molecule has 1 aromatic carbocycles. The van der Waals surface area contributed by atoms with Crippen molar-refractivity contribution in [2.75, 3.05) is 6.54 Å². The van der Waals surface area contributed by atoms with Gasteiger partial charge in [0.05, 0.1) is 17.1 Å². The number of hydrogen-bond donors (Lipinski definition) is 3.